The van der Waals surface area contributed by atoms with Gasteiger partial charge in [0.1, 0.15) is 8.07 Å². The van der Waals surface area contributed by atoms with Gasteiger partial charge in [-0.3, -0.25) is 6.58 Å². The first kappa shape index (κ1) is 19.0. The molecule has 1 aliphatic heterocycles. The molecule has 1 rings (SSSR count). The smallest absolute Gasteiger partial charge is 0.503 e. The van der Waals surface area contributed by atoms with Crippen LogP contribution >= 0.6 is 0 Å². The zero-order valence-corrected chi connectivity index (χ0v) is 14.4. The molecule has 0 spiro atoms. The minimum absolute atomic E-state index is 0. The van der Waals surface area contributed by atoms with Crippen LogP contribution in [0.15, 0.2) is 6.58 Å². The Hall–Kier alpha value is 0.0343. The van der Waals surface area contributed by atoms with Crippen LogP contribution in [0, 0.1) is 23.0 Å². The standard InChI is InChI=1S/C15H25O2Si.Li/c1-7-9-15(10-8-11-18(4,5)6)12-16-14(2,3)17-13-15;/h1,9-10,12-13H2,2-6H3;/q-1;+1. The van der Waals surface area contributed by atoms with Crippen molar-refractivity contribution in [2.24, 2.45) is 5.41 Å². The summed E-state index contributed by atoms with van der Waals surface area (Å²) in [5.74, 6) is 2.86. The van der Waals surface area contributed by atoms with Gasteiger partial charge in [-0.15, -0.1) is 11.5 Å². The van der Waals surface area contributed by atoms with Gasteiger partial charge < -0.3 is 15.5 Å². The Morgan fingerprint density at radius 1 is 1.21 bits per heavy atom. The third-order valence-electron chi connectivity index (χ3n) is 2.88. The van der Waals surface area contributed by atoms with Crippen molar-refractivity contribution in [3.63, 3.8) is 0 Å². The molecule has 102 valence electrons. The SMILES string of the molecule is C=[C-]CC1(CC#C[Si](C)(C)C)COC(C)(C)OC1.[Li+]. The summed E-state index contributed by atoms with van der Waals surface area (Å²) in [6, 6.07) is 0. The van der Waals surface area contributed by atoms with E-state index in [0.717, 1.165) is 12.8 Å². The minimum Gasteiger partial charge on any atom is -0.503 e. The van der Waals surface area contributed by atoms with Crippen LogP contribution in [0.5, 0.6) is 0 Å². The van der Waals surface area contributed by atoms with Crippen LogP contribution in [-0.2, 0) is 9.47 Å². The summed E-state index contributed by atoms with van der Waals surface area (Å²) in [6.07, 6.45) is 4.56. The van der Waals surface area contributed by atoms with Crippen molar-refractivity contribution in [3.8, 4) is 11.5 Å². The molecule has 0 aromatic heterocycles. The summed E-state index contributed by atoms with van der Waals surface area (Å²) in [6.45, 7) is 15.7. The molecule has 0 amide bonds. The van der Waals surface area contributed by atoms with Crippen molar-refractivity contribution in [3.05, 3.63) is 12.7 Å². The van der Waals surface area contributed by atoms with Crippen molar-refractivity contribution in [1.29, 1.82) is 0 Å². The fraction of sp³-hybridized carbons (Fsp3) is 0.733. The van der Waals surface area contributed by atoms with Gasteiger partial charge >= 0.3 is 18.9 Å². The van der Waals surface area contributed by atoms with Gasteiger partial charge in [0.05, 0.1) is 13.2 Å². The molecule has 1 heterocycles. The number of hydrogen-bond donors (Lipinski definition) is 0. The second kappa shape index (κ2) is 7.16. The van der Waals surface area contributed by atoms with E-state index in [2.05, 4.69) is 43.8 Å². The molecule has 4 heteroatoms. The molecule has 0 saturated carbocycles. The molecule has 1 saturated heterocycles. The second-order valence-electron chi connectivity index (χ2n) is 6.63. The molecule has 0 aliphatic carbocycles. The fourth-order valence-electron chi connectivity index (χ4n) is 1.77. The first-order valence-corrected chi connectivity index (χ1v) is 9.96. The van der Waals surface area contributed by atoms with Crippen molar-refractivity contribution in [2.45, 2.75) is 52.1 Å². The molecule has 0 aromatic rings. The molecule has 0 aromatic carbocycles. The Bertz CT molecular complexity index is 351. The zero-order chi connectivity index (χ0) is 13.9. The van der Waals surface area contributed by atoms with Gasteiger partial charge in [0.25, 0.3) is 0 Å². The average Bonchev–Trinajstić information content (AvgIpc) is 2.21. The van der Waals surface area contributed by atoms with Gasteiger partial charge in [-0.05, 0) is 13.8 Å². The number of hydrogen-bond acceptors (Lipinski definition) is 2. The normalized spacial score (nSPS) is 20.7. The molecular weight excluding hydrogens is 247 g/mol. The molecule has 0 radical (unpaired) electrons. The molecule has 0 N–H and O–H groups in total. The maximum atomic E-state index is 5.77. The maximum Gasteiger partial charge on any atom is 1.00 e. The third kappa shape index (κ3) is 6.84. The third-order valence-corrected chi connectivity index (χ3v) is 3.81. The van der Waals surface area contributed by atoms with Crippen LogP contribution in [0.3, 0.4) is 0 Å². The largest absolute Gasteiger partial charge is 1.00 e. The quantitative estimate of drug-likeness (QED) is 0.421. The summed E-state index contributed by atoms with van der Waals surface area (Å²) in [4.78, 5) is 0. The number of allylic oxidation sites excluding steroid dienone is 1. The first-order chi connectivity index (χ1) is 8.18. The van der Waals surface area contributed by atoms with Crippen LogP contribution < -0.4 is 18.9 Å². The molecular formula is C15H25LiO2Si. The van der Waals surface area contributed by atoms with Gasteiger partial charge in [-0.2, -0.15) is 6.42 Å². The molecule has 0 atom stereocenters. The summed E-state index contributed by atoms with van der Waals surface area (Å²) < 4.78 is 11.5. The summed E-state index contributed by atoms with van der Waals surface area (Å²) in [5, 5.41) is 0. The topological polar surface area (TPSA) is 18.5 Å². The van der Waals surface area contributed by atoms with Gasteiger partial charge in [-0.25, -0.2) is 0 Å². The summed E-state index contributed by atoms with van der Waals surface area (Å²) in [5.41, 5.74) is 3.34. The Morgan fingerprint density at radius 3 is 2.16 bits per heavy atom. The summed E-state index contributed by atoms with van der Waals surface area (Å²) >= 11 is 0. The summed E-state index contributed by atoms with van der Waals surface area (Å²) in [7, 11) is -1.30. The number of rotatable bonds is 3. The second-order valence-corrected chi connectivity index (χ2v) is 11.4. The van der Waals surface area contributed by atoms with Gasteiger partial charge in [0.2, 0.25) is 0 Å². The molecule has 2 nitrogen and oxygen atoms in total. The molecule has 0 bridgehead atoms. The van der Waals surface area contributed by atoms with Crippen LogP contribution in [0.4, 0.5) is 0 Å². The van der Waals surface area contributed by atoms with E-state index in [1.165, 1.54) is 0 Å². The van der Waals surface area contributed by atoms with Crippen molar-refractivity contribution in [2.75, 3.05) is 13.2 Å². The Balaban J connectivity index is 0.00000324. The minimum atomic E-state index is -1.30. The maximum absolute atomic E-state index is 5.77. The average molecular weight is 272 g/mol. The zero-order valence-electron chi connectivity index (χ0n) is 13.4. The fourth-order valence-corrected chi connectivity index (χ4v) is 2.38. The predicted molar refractivity (Wildman–Crippen MR) is 77.6 cm³/mol. The van der Waals surface area contributed by atoms with E-state index < -0.39 is 13.9 Å². The van der Waals surface area contributed by atoms with E-state index in [9.17, 15) is 0 Å². The van der Waals surface area contributed by atoms with Crippen LogP contribution in [0.25, 0.3) is 0 Å². The Kier molecular flexibility index (Phi) is 7.17. The van der Waals surface area contributed by atoms with E-state index in [1.807, 2.05) is 13.8 Å². The van der Waals surface area contributed by atoms with E-state index in [4.69, 9.17) is 9.47 Å². The van der Waals surface area contributed by atoms with Crippen molar-refractivity contribution < 1.29 is 28.3 Å². The van der Waals surface area contributed by atoms with E-state index in [0.29, 0.717) is 13.2 Å². The monoisotopic (exact) mass is 272 g/mol. The first-order valence-electron chi connectivity index (χ1n) is 6.46. The van der Waals surface area contributed by atoms with Gasteiger partial charge in [0.15, 0.2) is 5.79 Å². The van der Waals surface area contributed by atoms with E-state index in [-0.39, 0.29) is 24.3 Å². The van der Waals surface area contributed by atoms with Crippen molar-refractivity contribution in [1.82, 2.24) is 0 Å². The molecule has 1 fully saturated rings. The van der Waals surface area contributed by atoms with E-state index >= 15 is 0 Å². The van der Waals surface area contributed by atoms with E-state index in [1.54, 1.807) is 0 Å². The Morgan fingerprint density at radius 2 is 1.74 bits per heavy atom. The van der Waals surface area contributed by atoms with Crippen LogP contribution in [0.2, 0.25) is 19.6 Å². The van der Waals surface area contributed by atoms with Gasteiger partial charge in [-0.1, -0.05) is 19.6 Å². The van der Waals surface area contributed by atoms with Gasteiger partial charge in [0, 0.05) is 11.8 Å². The molecule has 19 heavy (non-hydrogen) atoms. The molecule has 1 aliphatic rings. The number of ether oxygens (including phenoxy) is 2. The van der Waals surface area contributed by atoms with Crippen molar-refractivity contribution >= 4 is 8.07 Å². The van der Waals surface area contributed by atoms with Crippen LogP contribution in [-0.4, -0.2) is 27.1 Å². The Labute approximate surface area is 131 Å². The predicted octanol–water partition coefficient (Wildman–Crippen LogP) is 0.410. The van der Waals surface area contributed by atoms with Crippen LogP contribution in [0.1, 0.15) is 26.7 Å². The molecule has 0 unspecified atom stereocenters.